The molecule has 1 atom stereocenters. The zero-order chi connectivity index (χ0) is 15.9. The molecule has 23 heavy (non-hydrogen) atoms. The SMILES string of the molecule is O=C(CN1CC[C@@H](CNc2ccccn2)C1)NCc1cccs1. The van der Waals surface area contributed by atoms with Crippen molar-refractivity contribution in [2.75, 3.05) is 31.5 Å². The van der Waals surface area contributed by atoms with E-state index in [-0.39, 0.29) is 5.91 Å². The first kappa shape index (κ1) is 16.0. The standard InChI is InChI=1S/C17H22N4OS/c22-17(20-11-15-4-3-9-23-15)13-21-8-6-14(12-21)10-19-16-5-1-2-7-18-16/h1-5,7,9,14H,6,8,10-13H2,(H,18,19)(H,20,22)/t14-/m0/s1. The minimum absolute atomic E-state index is 0.108. The number of aromatic nitrogens is 1. The van der Waals surface area contributed by atoms with Gasteiger partial charge in [0.15, 0.2) is 0 Å². The summed E-state index contributed by atoms with van der Waals surface area (Å²) in [6.45, 7) is 3.98. The van der Waals surface area contributed by atoms with Gasteiger partial charge in [-0.2, -0.15) is 0 Å². The quantitative estimate of drug-likeness (QED) is 0.817. The number of anilines is 1. The summed E-state index contributed by atoms with van der Waals surface area (Å²) in [7, 11) is 0. The minimum atomic E-state index is 0.108. The van der Waals surface area contributed by atoms with Crippen molar-refractivity contribution in [2.24, 2.45) is 5.92 Å². The van der Waals surface area contributed by atoms with E-state index in [0.29, 0.717) is 19.0 Å². The maximum atomic E-state index is 12.0. The number of nitrogens with zero attached hydrogens (tertiary/aromatic N) is 2. The van der Waals surface area contributed by atoms with Crippen LogP contribution in [0.3, 0.4) is 0 Å². The van der Waals surface area contributed by atoms with E-state index in [1.54, 1.807) is 17.5 Å². The molecule has 0 saturated carbocycles. The summed E-state index contributed by atoms with van der Waals surface area (Å²) in [5.41, 5.74) is 0. The van der Waals surface area contributed by atoms with Gasteiger partial charge in [0.1, 0.15) is 5.82 Å². The van der Waals surface area contributed by atoms with Gasteiger partial charge in [-0.1, -0.05) is 12.1 Å². The van der Waals surface area contributed by atoms with E-state index in [0.717, 1.165) is 31.9 Å². The van der Waals surface area contributed by atoms with Gasteiger partial charge in [0, 0.05) is 24.2 Å². The van der Waals surface area contributed by atoms with Crippen molar-refractivity contribution in [1.29, 1.82) is 0 Å². The number of hydrogen-bond acceptors (Lipinski definition) is 5. The molecule has 1 aliphatic rings. The molecule has 1 fully saturated rings. The van der Waals surface area contributed by atoms with Crippen molar-refractivity contribution in [3.63, 3.8) is 0 Å². The fraction of sp³-hybridized carbons (Fsp3) is 0.412. The predicted octanol–water partition coefficient (Wildman–Crippen LogP) is 2.19. The van der Waals surface area contributed by atoms with Crippen molar-refractivity contribution >= 4 is 23.1 Å². The molecule has 0 spiro atoms. The molecule has 5 nitrogen and oxygen atoms in total. The highest BCUT2D eigenvalue weighted by atomic mass is 32.1. The van der Waals surface area contributed by atoms with E-state index in [1.807, 2.05) is 35.7 Å². The Morgan fingerprint density at radius 1 is 1.35 bits per heavy atom. The Kier molecular flexibility index (Phi) is 5.60. The molecule has 1 aliphatic heterocycles. The van der Waals surface area contributed by atoms with Crippen molar-refractivity contribution in [2.45, 2.75) is 13.0 Å². The molecule has 3 rings (SSSR count). The zero-order valence-corrected chi connectivity index (χ0v) is 13.9. The first-order valence-electron chi connectivity index (χ1n) is 7.96. The molecule has 0 aromatic carbocycles. The van der Waals surface area contributed by atoms with Gasteiger partial charge in [-0.25, -0.2) is 4.98 Å². The molecule has 1 amide bonds. The van der Waals surface area contributed by atoms with Crippen LogP contribution >= 0.6 is 11.3 Å². The monoisotopic (exact) mass is 330 g/mol. The molecule has 2 aromatic heterocycles. The summed E-state index contributed by atoms with van der Waals surface area (Å²) < 4.78 is 0. The second kappa shape index (κ2) is 8.08. The molecule has 1 saturated heterocycles. The number of carbonyl (C=O) groups is 1. The van der Waals surface area contributed by atoms with Gasteiger partial charge >= 0.3 is 0 Å². The van der Waals surface area contributed by atoms with Crippen LogP contribution in [-0.2, 0) is 11.3 Å². The Bertz CT molecular complexity index is 602. The summed E-state index contributed by atoms with van der Waals surface area (Å²) in [4.78, 5) is 19.7. The molecular weight excluding hydrogens is 308 g/mol. The van der Waals surface area contributed by atoms with E-state index in [9.17, 15) is 4.79 Å². The smallest absolute Gasteiger partial charge is 0.234 e. The molecule has 0 radical (unpaired) electrons. The average molecular weight is 330 g/mol. The highest BCUT2D eigenvalue weighted by Crippen LogP contribution is 2.16. The van der Waals surface area contributed by atoms with Crippen molar-refractivity contribution in [3.05, 3.63) is 46.8 Å². The van der Waals surface area contributed by atoms with Crippen LogP contribution in [0, 0.1) is 5.92 Å². The second-order valence-electron chi connectivity index (χ2n) is 5.84. The second-order valence-corrected chi connectivity index (χ2v) is 6.87. The molecule has 0 aliphatic carbocycles. The Hall–Kier alpha value is -1.92. The number of nitrogens with one attached hydrogen (secondary N) is 2. The van der Waals surface area contributed by atoms with E-state index in [1.165, 1.54) is 4.88 Å². The number of rotatable bonds is 7. The highest BCUT2D eigenvalue weighted by Gasteiger charge is 2.23. The lowest BCUT2D eigenvalue weighted by Crippen LogP contribution is -2.36. The first-order valence-corrected chi connectivity index (χ1v) is 8.84. The van der Waals surface area contributed by atoms with Gasteiger partial charge in [-0.05, 0) is 42.5 Å². The van der Waals surface area contributed by atoms with Crippen LogP contribution in [0.25, 0.3) is 0 Å². The topological polar surface area (TPSA) is 57.3 Å². The van der Waals surface area contributed by atoms with Gasteiger partial charge < -0.3 is 10.6 Å². The van der Waals surface area contributed by atoms with Crippen LogP contribution in [0.1, 0.15) is 11.3 Å². The molecule has 3 heterocycles. The van der Waals surface area contributed by atoms with Gasteiger partial charge in [0.05, 0.1) is 13.1 Å². The normalized spacial score (nSPS) is 18.0. The fourth-order valence-corrected chi connectivity index (χ4v) is 3.44. The van der Waals surface area contributed by atoms with Gasteiger partial charge in [0.25, 0.3) is 0 Å². The highest BCUT2D eigenvalue weighted by molar-refractivity contribution is 7.09. The Morgan fingerprint density at radius 3 is 3.09 bits per heavy atom. The average Bonchev–Trinajstić information content (AvgIpc) is 3.24. The summed E-state index contributed by atoms with van der Waals surface area (Å²) in [5.74, 6) is 1.60. The Balaban J connectivity index is 1.35. The number of likely N-dealkylation sites (tertiary alicyclic amines) is 1. The molecule has 0 bridgehead atoms. The van der Waals surface area contributed by atoms with Gasteiger partial charge in [0.2, 0.25) is 5.91 Å². The summed E-state index contributed by atoms with van der Waals surface area (Å²) in [6.07, 6.45) is 2.92. The van der Waals surface area contributed by atoms with E-state index in [2.05, 4.69) is 20.5 Å². The largest absolute Gasteiger partial charge is 0.370 e. The summed E-state index contributed by atoms with van der Waals surface area (Å²) in [5, 5.41) is 8.38. The van der Waals surface area contributed by atoms with Gasteiger partial charge in [-0.15, -0.1) is 11.3 Å². The van der Waals surface area contributed by atoms with Crippen LogP contribution in [0.4, 0.5) is 5.82 Å². The van der Waals surface area contributed by atoms with Crippen LogP contribution in [0.2, 0.25) is 0 Å². The van der Waals surface area contributed by atoms with Crippen molar-refractivity contribution < 1.29 is 4.79 Å². The Morgan fingerprint density at radius 2 is 2.30 bits per heavy atom. The first-order chi connectivity index (χ1) is 11.3. The summed E-state index contributed by atoms with van der Waals surface area (Å²) in [6, 6.07) is 9.92. The van der Waals surface area contributed by atoms with E-state index in [4.69, 9.17) is 0 Å². The van der Waals surface area contributed by atoms with Crippen LogP contribution in [-0.4, -0.2) is 42.0 Å². The van der Waals surface area contributed by atoms with Crippen LogP contribution in [0.15, 0.2) is 41.9 Å². The molecule has 2 aromatic rings. The summed E-state index contributed by atoms with van der Waals surface area (Å²) >= 11 is 1.67. The molecule has 122 valence electrons. The number of hydrogen-bond donors (Lipinski definition) is 2. The third kappa shape index (κ3) is 5.04. The van der Waals surface area contributed by atoms with Gasteiger partial charge in [-0.3, -0.25) is 9.69 Å². The lowest BCUT2D eigenvalue weighted by atomic mass is 10.1. The third-order valence-electron chi connectivity index (χ3n) is 4.01. The molecule has 2 N–H and O–H groups in total. The number of amides is 1. The maximum absolute atomic E-state index is 12.0. The van der Waals surface area contributed by atoms with Crippen LogP contribution in [0.5, 0.6) is 0 Å². The van der Waals surface area contributed by atoms with Crippen molar-refractivity contribution in [1.82, 2.24) is 15.2 Å². The minimum Gasteiger partial charge on any atom is -0.370 e. The lowest BCUT2D eigenvalue weighted by Gasteiger charge is -2.16. The molecular formula is C17H22N4OS. The number of carbonyl (C=O) groups excluding carboxylic acids is 1. The third-order valence-corrected chi connectivity index (χ3v) is 4.89. The molecule has 0 unspecified atom stereocenters. The number of pyridine rings is 1. The predicted molar refractivity (Wildman–Crippen MR) is 93.4 cm³/mol. The van der Waals surface area contributed by atoms with E-state index < -0.39 is 0 Å². The zero-order valence-electron chi connectivity index (χ0n) is 13.1. The van der Waals surface area contributed by atoms with Crippen molar-refractivity contribution in [3.8, 4) is 0 Å². The van der Waals surface area contributed by atoms with Crippen LogP contribution < -0.4 is 10.6 Å². The number of thiophene rings is 1. The lowest BCUT2D eigenvalue weighted by molar-refractivity contribution is -0.122. The maximum Gasteiger partial charge on any atom is 0.234 e. The fourth-order valence-electron chi connectivity index (χ4n) is 2.80. The Labute approximate surface area is 140 Å². The van der Waals surface area contributed by atoms with E-state index >= 15 is 0 Å². The molecule has 6 heteroatoms.